The van der Waals surface area contributed by atoms with Crippen LogP contribution in [0.15, 0.2) is 79.0 Å². The highest BCUT2D eigenvalue weighted by atomic mass is 127. The Kier molecular flexibility index (Phi) is 5.85. The average molecular weight is 510 g/mol. The number of hydrogen-bond acceptors (Lipinski definition) is 3. The van der Waals surface area contributed by atoms with E-state index >= 15 is 0 Å². The molecular weight excluding hydrogens is 491 g/mol. The van der Waals surface area contributed by atoms with Crippen LogP contribution in [-0.2, 0) is 11.4 Å². The van der Waals surface area contributed by atoms with Gasteiger partial charge in [0.25, 0.3) is 5.91 Å². The quantitative estimate of drug-likeness (QED) is 0.217. The van der Waals surface area contributed by atoms with Crippen LogP contribution in [0.4, 0.5) is 4.79 Å². The summed E-state index contributed by atoms with van der Waals surface area (Å²) in [5.41, 5.74) is 2.18. The predicted octanol–water partition coefficient (Wildman–Crippen LogP) is 5.10. The Morgan fingerprint density at radius 3 is 2.67 bits per heavy atom. The molecule has 0 saturated carbocycles. The van der Waals surface area contributed by atoms with Crippen molar-refractivity contribution in [3.05, 3.63) is 93.7 Å². The summed E-state index contributed by atoms with van der Waals surface area (Å²) in [6.07, 6.45) is 3.19. The summed E-state index contributed by atoms with van der Waals surface area (Å²) in [5, 5.41) is 4.96. The summed E-state index contributed by atoms with van der Waals surface area (Å²) < 4.78 is 6.98. The number of nitrogens with zero attached hydrogens (tertiary/aromatic N) is 1. The molecule has 0 atom stereocenters. The normalized spacial score (nSPS) is 15.0. The Morgan fingerprint density at radius 2 is 1.87 bits per heavy atom. The number of urea groups is 1. The number of carbonyl (C=O) groups is 2. The van der Waals surface area contributed by atoms with Gasteiger partial charge in [-0.15, -0.1) is 6.58 Å². The van der Waals surface area contributed by atoms with Gasteiger partial charge in [0.2, 0.25) is 0 Å². The van der Waals surface area contributed by atoms with Crippen LogP contribution in [0.2, 0.25) is 0 Å². The topological polar surface area (TPSA) is 58.6 Å². The van der Waals surface area contributed by atoms with Crippen LogP contribution in [0.3, 0.4) is 0 Å². The molecule has 0 bridgehead atoms. The summed E-state index contributed by atoms with van der Waals surface area (Å²) in [6, 6.07) is 19.6. The summed E-state index contributed by atoms with van der Waals surface area (Å²) >= 11 is 2.21. The molecule has 0 unspecified atom stereocenters. The number of ether oxygens (including phenoxy) is 1. The third-order valence-electron chi connectivity index (χ3n) is 4.80. The fraction of sp³-hybridized carbons (Fsp3) is 0.0833. The first-order valence-electron chi connectivity index (χ1n) is 9.41. The molecule has 1 N–H and O–H groups in total. The van der Waals surface area contributed by atoms with Gasteiger partial charge in [-0.25, -0.2) is 4.79 Å². The highest BCUT2D eigenvalue weighted by Crippen LogP contribution is 2.26. The predicted molar refractivity (Wildman–Crippen MR) is 126 cm³/mol. The fourth-order valence-corrected chi connectivity index (χ4v) is 4.03. The zero-order valence-electron chi connectivity index (χ0n) is 16.1. The molecule has 1 aliphatic rings. The van der Waals surface area contributed by atoms with E-state index in [1.807, 2.05) is 36.4 Å². The molecule has 1 saturated heterocycles. The van der Waals surface area contributed by atoms with Crippen LogP contribution in [-0.4, -0.2) is 23.4 Å². The first-order valence-corrected chi connectivity index (χ1v) is 10.5. The third kappa shape index (κ3) is 4.09. The number of carbonyl (C=O) groups excluding carboxylic acids is 2. The van der Waals surface area contributed by atoms with E-state index in [1.165, 1.54) is 16.8 Å². The number of imide groups is 1. The monoisotopic (exact) mass is 510 g/mol. The van der Waals surface area contributed by atoms with Gasteiger partial charge in [-0.2, -0.15) is 0 Å². The molecule has 30 heavy (non-hydrogen) atoms. The molecule has 5 nitrogen and oxygen atoms in total. The molecule has 3 aromatic carbocycles. The maximum absolute atomic E-state index is 12.3. The van der Waals surface area contributed by atoms with Crippen molar-refractivity contribution in [2.45, 2.75) is 6.61 Å². The molecule has 1 heterocycles. The molecule has 3 amide bonds. The maximum Gasteiger partial charge on any atom is 0.329 e. The van der Waals surface area contributed by atoms with Crippen LogP contribution in [0.1, 0.15) is 11.1 Å². The van der Waals surface area contributed by atoms with Crippen molar-refractivity contribution < 1.29 is 14.3 Å². The van der Waals surface area contributed by atoms with Gasteiger partial charge in [-0.3, -0.25) is 9.69 Å². The van der Waals surface area contributed by atoms with Gasteiger partial charge in [0.15, 0.2) is 0 Å². The second-order valence-electron chi connectivity index (χ2n) is 6.81. The van der Waals surface area contributed by atoms with Crippen LogP contribution >= 0.6 is 22.6 Å². The number of fused-ring (bicyclic) bond motifs is 1. The van der Waals surface area contributed by atoms with Gasteiger partial charge >= 0.3 is 6.03 Å². The minimum atomic E-state index is -0.434. The van der Waals surface area contributed by atoms with E-state index < -0.39 is 6.03 Å². The summed E-state index contributed by atoms with van der Waals surface area (Å²) in [4.78, 5) is 25.3. The second-order valence-corrected chi connectivity index (χ2v) is 7.97. The molecule has 0 aliphatic carbocycles. The highest BCUT2D eigenvalue weighted by molar-refractivity contribution is 14.1. The van der Waals surface area contributed by atoms with Crippen molar-refractivity contribution in [3.63, 3.8) is 0 Å². The molecule has 3 aromatic rings. The van der Waals surface area contributed by atoms with Crippen molar-refractivity contribution >= 4 is 51.4 Å². The number of rotatable bonds is 6. The van der Waals surface area contributed by atoms with Crippen molar-refractivity contribution in [2.24, 2.45) is 0 Å². The zero-order chi connectivity index (χ0) is 21.1. The Bertz CT molecular complexity index is 1180. The summed E-state index contributed by atoms with van der Waals surface area (Å²) in [6.45, 7) is 4.21. The molecule has 1 fully saturated rings. The molecule has 0 aromatic heterocycles. The van der Waals surface area contributed by atoms with E-state index in [9.17, 15) is 9.59 Å². The minimum Gasteiger partial charge on any atom is -0.488 e. The Labute approximate surface area is 188 Å². The zero-order valence-corrected chi connectivity index (χ0v) is 18.3. The Balaban J connectivity index is 1.50. The second kappa shape index (κ2) is 8.71. The lowest BCUT2D eigenvalue weighted by Gasteiger charge is -2.11. The van der Waals surface area contributed by atoms with Crippen LogP contribution in [0.5, 0.6) is 5.75 Å². The van der Waals surface area contributed by atoms with Crippen molar-refractivity contribution in [3.8, 4) is 5.75 Å². The fourth-order valence-electron chi connectivity index (χ4n) is 3.33. The van der Waals surface area contributed by atoms with Gasteiger partial charge in [-0.05, 0) is 62.7 Å². The van der Waals surface area contributed by atoms with Crippen LogP contribution in [0, 0.1) is 3.57 Å². The third-order valence-corrected chi connectivity index (χ3v) is 5.65. The first kappa shape index (κ1) is 20.2. The van der Waals surface area contributed by atoms with Crippen LogP contribution in [0.25, 0.3) is 16.8 Å². The summed E-state index contributed by atoms with van der Waals surface area (Å²) in [7, 11) is 0. The van der Waals surface area contributed by atoms with Gasteiger partial charge in [0.1, 0.15) is 18.1 Å². The SMILES string of the molecule is C=CCN1C(=O)N/C(=C/c2ccc(OCc3cccc4ccccc34)c(I)c2)C1=O. The maximum atomic E-state index is 12.3. The van der Waals surface area contributed by atoms with E-state index in [2.05, 4.69) is 58.8 Å². The lowest BCUT2D eigenvalue weighted by molar-refractivity contribution is -0.122. The molecule has 0 spiro atoms. The largest absolute Gasteiger partial charge is 0.488 e. The van der Waals surface area contributed by atoms with E-state index in [0.717, 1.165) is 25.3 Å². The number of nitrogens with one attached hydrogen (secondary N) is 1. The van der Waals surface area contributed by atoms with Crippen molar-refractivity contribution in [1.29, 1.82) is 0 Å². The van der Waals surface area contributed by atoms with Gasteiger partial charge in [0, 0.05) is 6.54 Å². The molecular formula is C24H19IN2O3. The van der Waals surface area contributed by atoms with E-state index in [1.54, 1.807) is 6.08 Å². The number of benzene rings is 3. The molecule has 4 rings (SSSR count). The Morgan fingerprint density at radius 1 is 1.07 bits per heavy atom. The molecule has 150 valence electrons. The smallest absolute Gasteiger partial charge is 0.329 e. The summed E-state index contributed by atoms with van der Waals surface area (Å²) in [5.74, 6) is 0.409. The number of hydrogen-bond donors (Lipinski definition) is 1. The minimum absolute atomic E-state index is 0.181. The lowest BCUT2D eigenvalue weighted by atomic mass is 10.1. The average Bonchev–Trinajstić information content (AvgIpc) is 3.01. The number of halogens is 1. The molecule has 0 radical (unpaired) electrons. The van der Waals surface area contributed by atoms with Crippen LogP contribution < -0.4 is 10.1 Å². The first-order chi connectivity index (χ1) is 14.6. The lowest BCUT2D eigenvalue weighted by Crippen LogP contribution is -2.30. The van der Waals surface area contributed by atoms with Gasteiger partial charge < -0.3 is 10.1 Å². The van der Waals surface area contributed by atoms with E-state index in [4.69, 9.17) is 4.74 Å². The molecule has 6 heteroatoms. The standard InChI is InChI=1S/C24H19IN2O3/c1-2-12-27-23(28)21(26-24(27)29)14-16-10-11-22(20(25)13-16)30-15-18-8-5-7-17-6-3-4-9-19(17)18/h2-11,13-14H,1,12,15H2,(H,26,29)/b21-14+. The highest BCUT2D eigenvalue weighted by Gasteiger charge is 2.32. The number of amides is 3. The van der Waals surface area contributed by atoms with E-state index in [0.29, 0.717) is 6.61 Å². The molecule has 1 aliphatic heterocycles. The van der Waals surface area contributed by atoms with E-state index in [-0.39, 0.29) is 18.1 Å². The van der Waals surface area contributed by atoms with Gasteiger partial charge in [0.05, 0.1) is 3.57 Å². The Hall–Kier alpha value is -3.13. The van der Waals surface area contributed by atoms with Crippen molar-refractivity contribution in [2.75, 3.05) is 6.54 Å². The van der Waals surface area contributed by atoms with Gasteiger partial charge in [-0.1, -0.05) is 54.6 Å². The van der Waals surface area contributed by atoms with Crippen molar-refractivity contribution in [1.82, 2.24) is 10.2 Å².